The van der Waals surface area contributed by atoms with Crippen LogP contribution in [-0.4, -0.2) is 49.2 Å². The summed E-state index contributed by atoms with van der Waals surface area (Å²) >= 11 is 1.18. The first-order valence-electron chi connectivity index (χ1n) is 11.3. The number of hydrogen-bond donors (Lipinski definition) is 3. The Morgan fingerprint density at radius 1 is 1.08 bits per heavy atom. The number of nitrogens with two attached hydrogens (primary N) is 1. The molecule has 2 atom stereocenters. The summed E-state index contributed by atoms with van der Waals surface area (Å²) in [6.45, 7) is -0.0124. The predicted molar refractivity (Wildman–Crippen MR) is 134 cm³/mol. The Kier molecular flexibility index (Phi) is 7.55. The summed E-state index contributed by atoms with van der Waals surface area (Å²) < 4.78 is 39.1. The Morgan fingerprint density at radius 2 is 1.78 bits per heavy atom. The Balaban J connectivity index is 1.69. The van der Waals surface area contributed by atoms with E-state index in [0.717, 1.165) is 0 Å². The lowest BCUT2D eigenvalue weighted by Gasteiger charge is -2.30. The quantitative estimate of drug-likeness (QED) is 0.331. The molecule has 1 aliphatic rings. The van der Waals surface area contributed by atoms with Gasteiger partial charge in [-0.1, -0.05) is 42.5 Å². The summed E-state index contributed by atoms with van der Waals surface area (Å²) in [4.78, 5) is 28.0. The van der Waals surface area contributed by atoms with Crippen molar-refractivity contribution in [2.45, 2.75) is 23.6 Å². The van der Waals surface area contributed by atoms with Gasteiger partial charge in [0.05, 0.1) is 12.2 Å². The molecule has 1 unspecified atom stereocenters. The zero-order chi connectivity index (χ0) is 25.9. The molecule has 3 aromatic rings. The number of sulfone groups is 1. The summed E-state index contributed by atoms with van der Waals surface area (Å²) in [5.41, 5.74) is 9.04. The minimum Gasteiger partial charge on any atom is -0.340 e. The second kappa shape index (κ2) is 10.5. The predicted octanol–water partition coefficient (Wildman–Crippen LogP) is 2.99. The van der Waals surface area contributed by atoms with Crippen molar-refractivity contribution in [2.24, 2.45) is 5.73 Å². The van der Waals surface area contributed by atoms with Gasteiger partial charge in [0.25, 0.3) is 0 Å². The van der Waals surface area contributed by atoms with Crippen LogP contribution in [0.1, 0.15) is 29.3 Å². The van der Waals surface area contributed by atoms with Gasteiger partial charge in [0.2, 0.25) is 11.8 Å². The largest absolute Gasteiger partial charge is 0.340 e. The number of nitrogens with one attached hydrogen (secondary N) is 1. The van der Waals surface area contributed by atoms with Crippen LogP contribution >= 0.6 is 11.3 Å². The molecule has 1 aliphatic heterocycles. The molecule has 0 radical (unpaired) electrons. The second-order valence-corrected chi connectivity index (χ2v) is 12.2. The highest BCUT2D eigenvalue weighted by Gasteiger charge is 2.50. The zero-order valence-corrected chi connectivity index (χ0v) is 20.9. The molecule has 4 N–H and O–H groups in total. The van der Waals surface area contributed by atoms with Crippen molar-refractivity contribution < 1.29 is 27.6 Å². The van der Waals surface area contributed by atoms with E-state index in [1.807, 2.05) is 0 Å². The van der Waals surface area contributed by atoms with Crippen LogP contribution in [-0.2, 0) is 24.2 Å². The SMILES string of the molecule is N[C@@H](C(=O)N1CCC(CC(=O)NO)(c2ccc(-c3ccc(F)cc3)s2)S(=O)(=O)CC1)c1ccccc1. The first-order valence-corrected chi connectivity index (χ1v) is 13.7. The number of amides is 2. The van der Waals surface area contributed by atoms with Crippen LogP contribution < -0.4 is 11.2 Å². The number of thiophene rings is 1. The van der Waals surface area contributed by atoms with E-state index in [4.69, 9.17) is 5.73 Å². The summed E-state index contributed by atoms with van der Waals surface area (Å²) in [5, 5.41) is 9.21. The molecule has 1 fully saturated rings. The van der Waals surface area contributed by atoms with Gasteiger partial charge in [-0.15, -0.1) is 11.3 Å². The van der Waals surface area contributed by atoms with Crippen LogP contribution in [0, 0.1) is 5.82 Å². The summed E-state index contributed by atoms with van der Waals surface area (Å²) in [5.74, 6) is -2.02. The van der Waals surface area contributed by atoms with Crippen molar-refractivity contribution in [3.05, 3.63) is 83.0 Å². The van der Waals surface area contributed by atoms with E-state index < -0.39 is 44.7 Å². The van der Waals surface area contributed by atoms with E-state index in [0.29, 0.717) is 20.9 Å². The maximum absolute atomic E-state index is 13.7. The lowest BCUT2D eigenvalue weighted by atomic mass is 9.96. The molecule has 4 rings (SSSR count). The number of halogens is 1. The van der Waals surface area contributed by atoms with Crippen molar-refractivity contribution >= 4 is 33.0 Å². The maximum atomic E-state index is 13.7. The maximum Gasteiger partial charge on any atom is 0.245 e. The van der Waals surface area contributed by atoms with Crippen LogP contribution in [0.2, 0.25) is 0 Å². The molecule has 2 aromatic carbocycles. The fourth-order valence-corrected chi connectivity index (χ4v) is 8.05. The number of rotatable bonds is 6. The molecule has 2 amide bonds. The molecule has 36 heavy (non-hydrogen) atoms. The first-order chi connectivity index (χ1) is 17.2. The average molecular weight is 532 g/mol. The van der Waals surface area contributed by atoms with Gasteiger partial charge in [-0.25, -0.2) is 18.3 Å². The number of hydroxylamine groups is 1. The van der Waals surface area contributed by atoms with Crippen molar-refractivity contribution in [2.75, 3.05) is 18.8 Å². The molecule has 8 nitrogen and oxygen atoms in total. The number of carbonyl (C=O) groups is 2. The third-order valence-electron chi connectivity index (χ3n) is 6.50. The Bertz CT molecular complexity index is 1350. The third kappa shape index (κ3) is 5.05. The van der Waals surface area contributed by atoms with E-state index in [1.54, 1.807) is 60.1 Å². The number of benzene rings is 2. The molecule has 11 heteroatoms. The monoisotopic (exact) mass is 531 g/mol. The lowest BCUT2D eigenvalue weighted by Crippen LogP contribution is -2.41. The van der Waals surface area contributed by atoms with Gasteiger partial charge in [-0.3, -0.25) is 14.8 Å². The normalized spacial score (nSPS) is 20.4. The smallest absolute Gasteiger partial charge is 0.245 e. The minimum absolute atomic E-state index is 0.0562. The van der Waals surface area contributed by atoms with E-state index in [2.05, 4.69) is 0 Å². The standard InChI is InChI=1S/C25H26FN3O5S2/c26-19-8-6-17(7-9-19)20-10-11-21(35-20)25(16-22(30)28-32)12-13-29(14-15-36(25,33)34)24(31)23(27)18-4-2-1-3-5-18/h1-11,23,32H,12-16,27H2,(H,28,30)/t23-,25?/m1/s1. The molecule has 1 aromatic heterocycles. The molecule has 0 aliphatic carbocycles. The fourth-order valence-electron chi connectivity index (χ4n) is 4.44. The highest BCUT2D eigenvalue weighted by molar-refractivity contribution is 7.92. The van der Waals surface area contributed by atoms with Gasteiger partial charge >= 0.3 is 0 Å². The Morgan fingerprint density at radius 3 is 2.44 bits per heavy atom. The molecule has 0 bridgehead atoms. The number of carbonyl (C=O) groups excluding carboxylic acids is 2. The van der Waals surface area contributed by atoms with Crippen LogP contribution in [0.4, 0.5) is 4.39 Å². The highest BCUT2D eigenvalue weighted by Crippen LogP contribution is 2.45. The fraction of sp³-hybridized carbons (Fsp3) is 0.280. The molecule has 2 heterocycles. The summed E-state index contributed by atoms with van der Waals surface area (Å²) in [6.07, 6.45) is -0.568. The molecule has 0 spiro atoms. The van der Waals surface area contributed by atoms with Gasteiger partial charge in [-0.05, 0) is 41.8 Å². The molecule has 190 valence electrons. The molecular weight excluding hydrogens is 505 g/mol. The van der Waals surface area contributed by atoms with Crippen LogP contribution in [0.25, 0.3) is 10.4 Å². The van der Waals surface area contributed by atoms with Crippen molar-refractivity contribution in [1.29, 1.82) is 0 Å². The number of hydrogen-bond acceptors (Lipinski definition) is 7. The highest BCUT2D eigenvalue weighted by atomic mass is 32.2. The summed E-state index contributed by atoms with van der Waals surface area (Å²) in [7, 11) is -3.97. The van der Waals surface area contributed by atoms with Crippen molar-refractivity contribution in [1.82, 2.24) is 10.4 Å². The molecular formula is C25H26FN3O5S2. The van der Waals surface area contributed by atoms with E-state index in [-0.39, 0.29) is 25.3 Å². The minimum atomic E-state index is -3.97. The molecule has 1 saturated heterocycles. The molecule has 0 saturated carbocycles. The topological polar surface area (TPSA) is 130 Å². The Hall–Kier alpha value is -3.12. The van der Waals surface area contributed by atoms with E-state index in [9.17, 15) is 27.6 Å². The van der Waals surface area contributed by atoms with Crippen molar-refractivity contribution in [3.63, 3.8) is 0 Å². The van der Waals surface area contributed by atoms with Crippen molar-refractivity contribution in [3.8, 4) is 10.4 Å². The van der Waals surface area contributed by atoms with Crippen LogP contribution in [0.15, 0.2) is 66.7 Å². The Labute approximate surface area is 212 Å². The number of nitrogens with zero attached hydrogens (tertiary/aromatic N) is 1. The first kappa shape index (κ1) is 26.0. The second-order valence-electron chi connectivity index (χ2n) is 8.66. The van der Waals surface area contributed by atoms with E-state index in [1.165, 1.54) is 28.4 Å². The van der Waals surface area contributed by atoms with Gasteiger partial charge < -0.3 is 10.6 Å². The summed E-state index contributed by atoms with van der Waals surface area (Å²) in [6, 6.07) is 17.0. The van der Waals surface area contributed by atoms with Crippen LogP contribution in [0.5, 0.6) is 0 Å². The van der Waals surface area contributed by atoms with Gasteiger partial charge in [0.15, 0.2) is 9.84 Å². The van der Waals surface area contributed by atoms with Crippen LogP contribution in [0.3, 0.4) is 0 Å². The van der Waals surface area contributed by atoms with Gasteiger partial charge in [0, 0.05) is 22.8 Å². The average Bonchev–Trinajstić information content (AvgIpc) is 3.33. The lowest BCUT2D eigenvalue weighted by molar-refractivity contribution is -0.132. The van der Waals surface area contributed by atoms with Gasteiger partial charge in [0.1, 0.15) is 16.6 Å². The third-order valence-corrected chi connectivity index (χ3v) is 10.4. The van der Waals surface area contributed by atoms with E-state index >= 15 is 0 Å². The van der Waals surface area contributed by atoms with Gasteiger partial charge in [-0.2, -0.15) is 0 Å². The zero-order valence-electron chi connectivity index (χ0n) is 19.3.